The maximum atomic E-state index is 6.36. The Morgan fingerprint density at radius 2 is 2.14 bits per heavy atom. The van der Waals surface area contributed by atoms with Gasteiger partial charge in [-0.3, -0.25) is 9.98 Å². The van der Waals surface area contributed by atoms with Gasteiger partial charge in [-0.15, -0.1) is 0 Å². The highest BCUT2D eigenvalue weighted by Crippen LogP contribution is 2.32. The molecule has 0 radical (unpaired) electrons. The SMILES string of the molecule is Clc1ccc(N(Cc2cccnc2)C2=NCCS2)c(Cl)c1. The van der Waals surface area contributed by atoms with Crippen LogP contribution in [-0.4, -0.2) is 22.4 Å². The smallest absolute Gasteiger partial charge is 0.164 e. The largest absolute Gasteiger partial charge is 0.315 e. The number of aromatic nitrogens is 1. The molecule has 0 spiro atoms. The average Bonchev–Trinajstić information content (AvgIpc) is 3.00. The Balaban J connectivity index is 1.96. The number of benzene rings is 1. The lowest BCUT2D eigenvalue weighted by Crippen LogP contribution is -2.27. The van der Waals surface area contributed by atoms with Gasteiger partial charge >= 0.3 is 0 Å². The van der Waals surface area contributed by atoms with E-state index in [1.54, 1.807) is 24.0 Å². The minimum atomic E-state index is 0.626. The third-order valence-electron chi connectivity index (χ3n) is 3.06. The second-order valence-corrected chi connectivity index (χ2v) is 6.46. The van der Waals surface area contributed by atoms with E-state index in [1.165, 1.54) is 0 Å². The summed E-state index contributed by atoms with van der Waals surface area (Å²) < 4.78 is 0. The zero-order chi connectivity index (χ0) is 14.7. The number of nitrogens with zero attached hydrogens (tertiary/aromatic N) is 3. The molecule has 0 atom stereocenters. The third kappa shape index (κ3) is 3.51. The molecule has 0 bridgehead atoms. The third-order valence-corrected chi connectivity index (χ3v) is 4.60. The summed E-state index contributed by atoms with van der Waals surface area (Å²) in [6, 6.07) is 9.51. The molecule has 2 heterocycles. The van der Waals surface area contributed by atoms with Gasteiger partial charge in [0.25, 0.3) is 0 Å². The first-order valence-electron chi connectivity index (χ1n) is 6.53. The van der Waals surface area contributed by atoms with Crippen molar-refractivity contribution in [3.8, 4) is 0 Å². The second-order valence-electron chi connectivity index (χ2n) is 4.56. The topological polar surface area (TPSA) is 28.5 Å². The molecule has 0 fully saturated rings. The normalized spacial score (nSPS) is 14.1. The van der Waals surface area contributed by atoms with Crippen molar-refractivity contribution in [3.05, 3.63) is 58.3 Å². The number of thioether (sulfide) groups is 1. The van der Waals surface area contributed by atoms with Gasteiger partial charge < -0.3 is 4.90 Å². The van der Waals surface area contributed by atoms with Gasteiger partial charge in [-0.25, -0.2) is 0 Å². The van der Waals surface area contributed by atoms with Gasteiger partial charge in [-0.1, -0.05) is 41.0 Å². The van der Waals surface area contributed by atoms with Crippen LogP contribution in [0, 0.1) is 0 Å². The first-order chi connectivity index (χ1) is 10.2. The van der Waals surface area contributed by atoms with Crippen LogP contribution in [0.15, 0.2) is 47.7 Å². The Morgan fingerprint density at radius 3 is 2.81 bits per heavy atom. The first kappa shape index (κ1) is 14.7. The number of anilines is 1. The van der Waals surface area contributed by atoms with Crippen molar-refractivity contribution >= 4 is 45.8 Å². The minimum Gasteiger partial charge on any atom is -0.315 e. The fourth-order valence-electron chi connectivity index (χ4n) is 2.12. The fraction of sp³-hybridized carbons (Fsp3) is 0.200. The number of aliphatic imine (C=N–C) groups is 1. The van der Waals surface area contributed by atoms with Gasteiger partial charge in [0.15, 0.2) is 5.17 Å². The minimum absolute atomic E-state index is 0.626. The Bertz CT molecular complexity index is 661. The van der Waals surface area contributed by atoms with E-state index in [1.807, 2.05) is 30.5 Å². The van der Waals surface area contributed by atoms with Gasteiger partial charge in [0, 0.05) is 23.2 Å². The number of pyridine rings is 1. The molecule has 2 aromatic rings. The molecule has 3 rings (SSSR count). The Hall–Kier alpha value is -1.23. The Kier molecular flexibility index (Phi) is 4.68. The molecule has 0 N–H and O–H groups in total. The van der Waals surface area contributed by atoms with Crippen molar-refractivity contribution in [2.75, 3.05) is 17.2 Å². The highest BCUT2D eigenvalue weighted by molar-refractivity contribution is 8.14. The summed E-state index contributed by atoms with van der Waals surface area (Å²) >= 11 is 14.1. The van der Waals surface area contributed by atoms with Crippen LogP contribution in [0.5, 0.6) is 0 Å². The standard InChI is InChI=1S/C15H13Cl2N3S/c16-12-3-4-14(13(17)8-12)20(15-19-6-7-21-15)10-11-2-1-5-18-9-11/h1-5,8-9H,6-7,10H2. The lowest BCUT2D eigenvalue weighted by Gasteiger charge is -2.25. The van der Waals surface area contributed by atoms with E-state index in [4.69, 9.17) is 23.2 Å². The van der Waals surface area contributed by atoms with Crippen LogP contribution in [-0.2, 0) is 6.54 Å². The number of hydrogen-bond donors (Lipinski definition) is 0. The zero-order valence-corrected chi connectivity index (χ0v) is 13.5. The van der Waals surface area contributed by atoms with Crippen molar-refractivity contribution in [2.45, 2.75) is 6.54 Å². The molecule has 1 aliphatic rings. The summed E-state index contributed by atoms with van der Waals surface area (Å²) in [7, 11) is 0. The lowest BCUT2D eigenvalue weighted by atomic mass is 10.2. The van der Waals surface area contributed by atoms with Gasteiger partial charge in [-0.2, -0.15) is 0 Å². The first-order valence-corrected chi connectivity index (χ1v) is 8.27. The molecule has 0 saturated heterocycles. The molecule has 0 aliphatic carbocycles. The van der Waals surface area contributed by atoms with Crippen LogP contribution in [0.4, 0.5) is 5.69 Å². The second kappa shape index (κ2) is 6.69. The predicted molar refractivity (Wildman–Crippen MR) is 91.6 cm³/mol. The summed E-state index contributed by atoms with van der Waals surface area (Å²) in [5.74, 6) is 1.00. The number of rotatable bonds is 3. The van der Waals surface area contributed by atoms with Gasteiger partial charge in [0.05, 0.1) is 23.8 Å². The molecule has 1 aromatic heterocycles. The molecule has 108 valence electrons. The average molecular weight is 338 g/mol. The van der Waals surface area contributed by atoms with Crippen LogP contribution in [0.2, 0.25) is 10.0 Å². The zero-order valence-electron chi connectivity index (χ0n) is 11.2. The van der Waals surface area contributed by atoms with E-state index >= 15 is 0 Å². The van der Waals surface area contributed by atoms with Crippen molar-refractivity contribution in [1.29, 1.82) is 0 Å². The molecule has 0 unspecified atom stereocenters. The molecule has 6 heteroatoms. The van der Waals surface area contributed by atoms with E-state index in [9.17, 15) is 0 Å². The summed E-state index contributed by atoms with van der Waals surface area (Å²) in [6.45, 7) is 1.52. The molecule has 1 aliphatic heterocycles. The number of hydrogen-bond acceptors (Lipinski definition) is 4. The molecule has 3 nitrogen and oxygen atoms in total. The molecule has 21 heavy (non-hydrogen) atoms. The predicted octanol–water partition coefficient (Wildman–Crippen LogP) is 4.50. The quantitative estimate of drug-likeness (QED) is 0.825. The Labute approximate surface area is 138 Å². The van der Waals surface area contributed by atoms with Crippen molar-refractivity contribution in [1.82, 2.24) is 4.98 Å². The monoisotopic (exact) mass is 337 g/mol. The molecule has 0 amide bonds. The fourth-order valence-corrected chi connectivity index (χ4v) is 3.49. The molecule has 0 saturated carbocycles. The Morgan fingerprint density at radius 1 is 1.24 bits per heavy atom. The van der Waals surface area contributed by atoms with E-state index in [0.29, 0.717) is 16.6 Å². The number of halogens is 2. The van der Waals surface area contributed by atoms with Crippen LogP contribution in [0.25, 0.3) is 0 Å². The summed E-state index contributed by atoms with van der Waals surface area (Å²) in [4.78, 5) is 10.9. The maximum absolute atomic E-state index is 6.36. The summed E-state index contributed by atoms with van der Waals surface area (Å²) in [6.07, 6.45) is 3.63. The molecule has 1 aromatic carbocycles. The van der Waals surface area contributed by atoms with Crippen LogP contribution in [0.1, 0.15) is 5.56 Å². The van der Waals surface area contributed by atoms with Gasteiger partial charge in [-0.05, 0) is 29.8 Å². The van der Waals surface area contributed by atoms with Gasteiger partial charge in [0.2, 0.25) is 0 Å². The molecular formula is C15H13Cl2N3S. The molecular weight excluding hydrogens is 325 g/mol. The van der Waals surface area contributed by atoms with Crippen molar-refractivity contribution in [3.63, 3.8) is 0 Å². The van der Waals surface area contributed by atoms with Gasteiger partial charge in [0.1, 0.15) is 0 Å². The van der Waals surface area contributed by atoms with Crippen molar-refractivity contribution < 1.29 is 0 Å². The maximum Gasteiger partial charge on any atom is 0.164 e. The number of amidine groups is 1. The van der Waals surface area contributed by atoms with Crippen LogP contribution in [0.3, 0.4) is 0 Å². The van der Waals surface area contributed by atoms with Crippen LogP contribution >= 0.6 is 35.0 Å². The van der Waals surface area contributed by atoms with E-state index in [2.05, 4.69) is 14.9 Å². The lowest BCUT2D eigenvalue weighted by molar-refractivity contribution is 0.994. The van der Waals surface area contributed by atoms with Crippen molar-refractivity contribution in [2.24, 2.45) is 4.99 Å². The summed E-state index contributed by atoms with van der Waals surface area (Å²) in [5, 5.41) is 2.25. The highest BCUT2D eigenvalue weighted by Gasteiger charge is 2.20. The summed E-state index contributed by atoms with van der Waals surface area (Å²) in [5.41, 5.74) is 2.02. The highest BCUT2D eigenvalue weighted by atomic mass is 35.5. The van der Waals surface area contributed by atoms with Crippen LogP contribution < -0.4 is 4.90 Å². The van der Waals surface area contributed by atoms with E-state index in [0.717, 1.165) is 28.7 Å². The van der Waals surface area contributed by atoms with E-state index in [-0.39, 0.29) is 0 Å². The van der Waals surface area contributed by atoms with E-state index < -0.39 is 0 Å².